The molecule has 1 unspecified atom stereocenters. The third-order valence-electron chi connectivity index (χ3n) is 3.63. The molecule has 0 radical (unpaired) electrons. The first-order chi connectivity index (χ1) is 11.2. The lowest BCUT2D eigenvalue weighted by atomic mass is 10.1. The molecule has 2 amide bonds. The van der Waals surface area contributed by atoms with Crippen LogP contribution in [0.2, 0.25) is 0 Å². The summed E-state index contributed by atoms with van der Waals surface area (Å²) in [5, 5.41) is 6.73. The van der Waals surface area contributed by atoms with Gasteiger partial charge >= 0.3 is 6.03 Å². The quantitative estimate of drug-likeness (QED) is 0.929. The average molecular weight is 317 g/mol. The van der Waals surface area contributed by atoms with Crippen molar-refractivity contribution in [3.05, 3.63) is 29.9 Å². The third kappa shape index (κ3) is 3.58. The number of hydrogen-bond donors (Lipinski definition) is 1. The molecule has 0 aromatic carbocycles. The van der Waals surface area contributed by atoms with E-state index in [0.717, 1.165) is 6.42 Å². The fourth-order valence-electron chi connectivity index (χ4n) is 2.54. The van der Waals surface area contributed by atoms with E-state index in [2.05, 4.69) is 20.4 Å². The number of nitrogens with one attached hydrogen (secondary N) is 1. The number of carbonyl (C=O) groups excluding carboxylic acids is 1. The van der Waals surface area contributed by atoms with Gasteiger partial charge in [0.05, 0.1) is 6.61 Å². The molecule has 0 aliphatic carbocycles. The van der Waals surface area contributed by atoms with Crippen LogP contribution in [-0.2, 0) is 0 Å². The molecule has 1 fully saturated rings. The Bertz CT molecular complexity index is 687. The van der Waals surface area contributed by atoms with Crippen molar-refractivity contribution in [2.24, 2.45) is 0 Å². The van der Waals surface area contributed by atoms with Gasteiger partial charge in [-0.25, -0.2) is 4.79 Å². The minimum atomic E-state index is -0.186. The van der Waals surface area contributed by atoms with Gasteiger partial charge in [0.2, 0.25) is 11.8 Å². The molecule has 3 heterocycles. The molecule has 2 aromatic rings. The topological polar surface area (TPSA) is 93.4 Å². The Labute approximate surface area is 133 Å². The minimum Gasteiger partial charge on any atom is -0.478 e. The second kappa shape index (κ2) is 6.64. The summed E-state index contributed by atoms with van der Waals surface area (Å²) in [6, 6.07) is 5.09. The lowest BCUT2D eigenvalue weighted by molar-refractivity contribution is 0.221. The number of carbonyl (C=O) groups is 1. The van der Waals surface area contributed by atoms with E-state index in [9.17, 15) is 4.79 Å². The molecule has 122 valence electrons. The summed E-state index contributed by atoms with van der Waals surface area (Å²) in [7, 11) is 0. The molecule has 1 atom stereocenters. The first kappa shape index (κ1) is 15.3. The van der Waals surface area contributed by atoms with Crippen LogP contribution in [0.1, 0.15) is 31.0 Å². The second-order valence-electron chi connectivity index (χ2n) is 5.33. The molecular weight excluding hydrogens is 298 g/mol. The maximum absolute atomic E-state index is 12.3. The summed E-state index contributed by atoms with van der Waals surface area (Å²) in [5.74, 6) is 2.28. The summed E-state index contributed by atoms with van der Waals surface area (Å²) in [6.07, 6.45) is 0.818. The number of hydrogen-bond acceptors (Lipinski definition) is 6. The molecule has 3 rings (SSSR count). The summed E-state index contributed by atoms with van der Waals surface area (Å²) in [5.41, 5.74) is 0. The predicted molar refractivity (Wildman–Crippen MR) is 82.4 cm³/mol. The minimum absolute atomic E-state index is 0.112. The summed E-state index contributed by atoms with van der Waals surface area (Å²) >= 11 is 0. The molecule has 2 aromatic heterocycles. The van der Waals surface area contributed by atoms with Crippen LogP contribution in [0.15, 0.2) is 22.7 Å². The Balaban J connectivity index is 1.60. The lowest BCUT2D eigenvalue weighted by Gasteiger charge is -2.16. The largest absolute Gasteiger partial charge is 0.478 e. The van der Waals surface area contributed by atoms with Crippen molar-refractivity contribution in [2.45, 2.75) is 26.2 Å². The van der Waals surface area contributed by atoms with Gasteiger partial charge in [-0.2, -0.15) is 9.97 Å². The molecular formula is C15H19N5O3. The Kier molecular flexibility index (Phi) is 4.40. The van der Waals surface area contributed by atoms with Crippen LogP contribution in [0.25, 0.3) is 0 Å². The van der Waals surface area contributed by atoms with Gasteiger partial charge < -0.3 is 14.2 Å². The van der Waals surface area contributed by atoms with Crippen LogP contribution in [0.4, 0.5) is 10.6 Å². The fourth-order valence-corrected chi connectivity index (χ4v) is 2.54. The van der Waals surface area contributed by atoms with Crippen LogP contribution in [0.5, 0.6) is 5.88 Å². The Morgan fingerprint density at radius 3 is 3.09 bits per heavy atom. The zero-order valence-corrected chi connectivity index (χ0v) is 13.2. The zero-order valence-electron chi connectivity index (χ0n) is 13.2. The van der Waals surface area contributed by atoms with Crippen molar-refractivity contribution in [1.29, 1.82) is 0 Å². The van der Waals surface area contributed by atoms with Crippen molar-refractivity contribution < 1.29 is 14.1 Å². The third-order valence-corrected chi connectivity index (χ3v) is 3.63. The van der Waals surface area contributed by atoms with E-state index < -0.39 is 0 Å². The lowest BCUT2D eigenvalue weighted by Crippen LogP contribution is -2.33. The van der Waals surface area contributed by atoms with Gasteiger partial charge in [-0.3, -0.25) is 5.32 Å². The zero-order chi connectivity index (χ0) is 16.2. The number of rotatable bonds is 4. The van der Waals surface area contributed by atoms with Crippen LogP contribution in [0, 0.1) is 6.92 Å². The van der Waals surface area contributed by atoms with E-state index >= 15 is 0 Å². The Morgan fingerprint density at radius 2 is 2.35 bits per heavy atom. The van der Waals surface area contributed by atoms with Crippen LogP contribution in [-0.4, -0.2) is 45.8 Å². The first-order valence-electron chi connectivity index (χ1n) is 7.61. The number of anilines is 1. The molecule has 8 heteroatoms. The highest BCUT2D eigenvalue weighted by atomic mass is 16.5. The monoisotopic (exact) mass is 317 g/mol. The van der Waals surface area contributed by atoms with Crippen molar-refractivity contribution in [1.82, 2.24) is 20.0 Å². The number of ether oxygens (including phenoxy) is 1. The molecule has 1 saturated heterocycles. The average Bonchev–Trinajstić information content (AvgIpc) is 3.16. The Hall–Kier alpha value is -2.64. The van der Waals surface area contributed by atoms with Crippen molar-refractivity contribution in [3.63, 3.8) is 0 Å². The van der Waals surface area contributed by atoms with Gasteiger partial charge in [-0.1, -0.05) is 11.2 Å². The SMILES string of the molecule is CCOc1cccc(NC(=O)N2CCC(c3noc(C)n3)C2)n1. The van der Waals surface area contributed by atoms with E-state index in [-0.39, 0.29) is 11.9 Å². The molecule has 1 aliphatic heterocycles. The van der Waals surface area contributed by atoms with Gasteiger partial charge in [0.15, 0.2) is 5.82 Å². The van der Waals surface area contributed by atoms with Crippen molar-refractivity contribution in [3.8, 4) is 5.88 Å². The smallest absolute Gasteiger partial charge is 0.323 e. The standard InChI is InChI=1S/C15H19N5O3/c1-3-22-13-6-4-5-12(17-13)18-15(21)20-8-7-11(9-20)14-16-10(2)23-19-14/h4-6,11H,3,7-9H2,1-2H3,(H,17,18,21). The number of likely N-dealkylation sites (tertiary alicyclic amines) is 1. The molecule has 23 heavy (non-hydrogen) atoms. The van der Waals surface area contributed by atoms with E-state index in [1.807, 2.05) is 6.92 Å². The summed E-state index contributed by atoms with van der Waals surface area (Å²) < 4.78 is 10.3. The number of amides is 2. The maximum Gasteiger partial charge on any atom is 0.323 e. The van der Waals surface area contributed by atoms with Crippen molar-refractivity contribution in [2.75, 3.05) is 25.0 Å². The summed E-state index contributed by atoms with van der Waals surface area (Å²) in [6.45, 7) is 5.39. The molecule has 1 aliphatic rings. The molecule has 8 nitrogen and oxygen atoms in total. The van der Waals surface area contributed by atoms with Gasteiger partial charge in [0, 0.05) is 32.0 Å². The number of aryl methyl sites for hydroxylation is 1. The van der Waals surface area contributed by atoms with E-state index in [4.69, 9.17) is 9.26 Å². The van der Waals surface area contributed by atoms with E-state index in [1.165, 1.54) is 0 Å². The van der Waals surface area contributed by atoms with Gasteiger partial charge in [0.1, 0.15) is 5.82 Å². The first-order valence-corrected chi connectivity index (χ1v) is 7.61. The van der Waals surface area contributed by atoms with Gasteiger partial charge in [0.25, 0.3) is 0 Å². The van der Waals surface area contributed by atoms with Gasteiger partial charge in [-0.05, 0) is 19.4 Å². The number of urea groups is 1. The predicted octanol–water partition coefficient (Wildman–Crippen LogP) is 2.19. The van der Waals surface area contributed by atoms with Crippen LogP contribution >= 0.6 is 0 Å². The molecule has 1 N–H and O–H groups in total. The maximum atomic E-state index is 12.3. The summed E-state index contributed by atoms with van der Waals surface area (Å²) in [4.78, 5) is 22.5. The van der Waals surface area contributed by atoms with E-state index in [1.54, 1.807) is 30.0 Å². The number of pyridine rings is 1. The molecule has 0 saturated carbocycles. The van der Waals surface area contributed by atoms with Gasteiger partial charge in [-0.15, -0.1) is 0 Å². The highest BCUT2D eigenvalue weighted by Crippen LogP contribution is 2.25. The normalized spacial score (nSPS) is 17.3. The molecule has 0 spiro atoms. The van der Waals surface area contributed by atoms with Crippen LogP contribution in [0.3, 0.4) is 0 Å². The number of aromatic nitrogens is 3. The second-order valence-corrected chi connectivity index (χ2v) is 5.33. The van der Waals surface area contributed by atoms with Crippen molar-refractivity contribution >= 4 is 11.8 Å². The fraction of sp³-hybridized carbons (Fsp3) is 0.467. The van der Waals surface area contributed by atoms with E-state index in [0.29, 0.717) is 43.1 Å². The molecule has 0 bridgehead atoms. The van der Waals surface area contributed by atoms with Crippen LogP contribution < -0.4 is 10.1 Å². The highest BCUT2D eigenvalue weighted by molar-refractivity contribution is 5.88. The Morgan fingerprint density at radius 1 is 1.48 bits per heavy atom. The highest BCUT2D eigenvalue weighted by Gasteiger charge is 2.30. The number of nitrogens with zero attached hydrogens (tertiary/aromatic N) is 4.